The molecule has 0 fully saturated rings. The van der Waals surface area contributed by atoms with Crippen molar-refractivity contribution in [3.05, 3.63) is 35.2 Å². The molecule has 1 aromatic carbocycles. The lowest BCUT2D eigenvalue weighted by Gasteiger charge is -2.00. The Morgan fingerprint density at radius 2 is 2.12 bits per heavy atom. The lowest BCUT2D eigenvalue weighted by atomic mass is 10.1. The first-order chi connectivity index (χ1) is 8.15. The SMILES string of the molecule is Nc1nc2scc(-c3cc(F)ccc3F)n2n1. The summed E-state index contributed by atoms with van der Waals surface area (Å²) in [7, 11) is 0. The molecule has 3 rings (SSSR count). The van der Waals surface area contributed by atoms with Gasteiger partial charge in [-0.3, -0.25) is 0 Å². The van der Waals surface area contributed by atoms with Crippen molar-refractivity contribution < 1.29 is 8.78 Å². The van der Waals surface area contributed by atoms with Crippen LogP contribution >= 0.6 is 11.3 Å². The quantitative estimate of drug-likeness (QED) is 0.723. The van der Waals surface area contributed by atoms with Crippen LogP contribution in [-0.4, -0.2) is 14.6 Å². The first-order valence-corrected chi connectivity index (χ1v) is 5.58. The minimum absolute atomic E-state index is 0.106. The highest BCUT2D eigenvalue weighted by Crippen LogP contribution is 2.28. The van der Waals surface area contributed by atoms with Crippen LogP contribution in [0.3, 0.4) is 0 Å². The molecule has 7 heteroatoms. The van der Waals surface area contributed by atoms with Crippen LogP contribution in [0.4, 0.5) is 14.7 Å². The van der Waals surface area contributed by atoms with Gasteiger partial charge in [-0.05, 0) is 18.2 Å². The van der Waals surface area contributed by atoms with Gasteiger partial charge in [0.1, 0.15) is 11.6 Å². The predicted molar refractivity (Wildman–Crippen MR) is 60.6 cm³/mol. The molecule has 2 aromatic heterocycles. The minimum atomic E-state index is -0.514. The fourth-order valence-electron chi connectivity index (χ4n) is 1.58. The van der Waals surface area contributed by atoms with E-state index >= 15 is 0 Å². The third-order valence-electron chi connectivity index (χ3n) is 2.30. The Labute approximate surface area is 98.3 Å². The van der Waals surface area contributed by atoms with Gasteiger partial charge in [0.2, 0.25) is 10.9 Å². The zero-order valence-electron chi connectivity index (χ0n) is 8.39. The molecule has 0 radical (unpaired) electrons. The van der Waals surface area contributed by atoms with Crippen molar-refractivity contribution in [2.45, 2.75) is 0 Å². The third-order valence-corrected chi connectivity index (χ3v) is 3.12. The summed E-state index contributed by atoms with van der Waals surface area (Å²) in [5.41, 5.74) is 6.02. The second-order valence-electron chi connectivity index (χ2n) is 3.41. The Balaban J connectivity index is 2.29. The zero-order valence-corrected chi connectivity index (χ0v) is 9.21. The number of fused-ring (bicyclic) bond motifs is 1. The van der Waals surface area contributed by atoms with Crippen LogP contribution < -0.4 is 5.73 Å². The van der Waals surface area contributed by atoms with Crippen LogP contribution in [0.5, 0.6) is 0 Å². The van der Waals surface area contributed by atoms with Crippen LogP contribution in [0.25, 0.3) is 16.2 Å². The van der Waals surface area contributed by atoms with E-state index in [-0.39, 0.29) is 11.5 Å². The molecule has 0 spiro atoms. The molecule has 0 atom stereocenters. The van der Waals surface area contributed by atoms with Gasteiger partial charge in [0.25, 0.3) is 0 Å². The second-order valence-corrected chi connectivity index (χ2v) is 4.25. The summed E-state index contributed by atoms with van der Waals surface area (Å²) >= 11 is 1.26. The van der Waals surface area contributed by atoms with Gasteiger partial charge >= 0.3 is 0 Å². The van der Waals surface area contributed by atoms with Crippen LogP contribution in [0, 0.1) is 11.6 Å². The number of nitrogens with two attached hydrogens (primary N) is 1. The number of aromatic nitrogens is 3. The third kappa shape index (κ3) is 1.55. The Kier molecular flexibility index (Phi) is 2.08. The van der Waals surface area contributed by atoms with Crippen molar-refractivity contribution in [1.82, 2.24) is 14.6 Å². The van der Waals surface area contributed by atoms with E-state index in [1.54, 1.807) is 5.38 Å². The maximum atomic E-state index is 13.6. The van der Waals surface area contributed by atoms with Crippen molar-refractivity contribution in [1.29, 1.82) is 0 Å². The molecule has 0 unspecified atom stereocenters. The number of thiazole rings is 1. The summed E-state index contributed by atoms with van der Waals surface area (Å²) in [5.74, 6) is -0.913. The smallest absolute Gasteiger partial charge is 0.241 e. The Morgan fingerprint density at radius 3 is 2.94 bits per heavy atom. The van der Waals surface area contributed by atoms with Crippen LogP contribution in [0.2, 0.25) is 0 Å². The van der Waals surface area contributed by atoms with E-state index in [1.807, 2.05) is 0 Å². The number of nitrogen functional groups attached to an aromatic ring is 1. The van der Waals surface area contributed by atoms with Crippen molar-refractivity contribution in [2.75, 3.05) is 5.73 Å². The van der Waals surface area contributed by atoms with Gasteiger partial charge in [-0.15, -0.1) is 16.4 Å². The number of anilines is 1. The zero-order chi connectivity index (χ0) is 12.0. The molecule has 0 saturated carbocycles. The molecule has 3 aromatic rings. The monoisotopic (exact) mass is 252 g/mol. The summed E-state index contributed by atoms with van der Waals surface area (Å²) in [6.07, 6.45) is 0. The summed E-state index contributed by atoms with van der Waals surface area (Å²) in [4.78, 5) is 4.49. The lowest BCUT2D eigenvalue weighted by Crippen LogP contribution is -1.93. The van der Waals surface area contributed by atoms with Gasteiger partial charge in [-0.25, -0.2) is 13.3 Å². The largest absolute Gasteiger partial charge is 0.366 e. The highest BCUT2D eigenvalue weighted by Gasteiger charge is 2.14. The number of hydrogen-bond acceptors (Lipinski definition) is 4. The molecule has 17 heavy (non-hydrogen) atoms. The average molecular weight is 252 g/mol. The molecule has 0 saturated heterocycles. The molecule has 0 bridgehead atoms. The van der Waals surface area contributed by atoms with Gasteiger partial charge in [-0.1, -0.05) is 0 Å². The van der Waals surface area contributed by atoms with Gasteiger partial charge in [0.05, 0.1) is 5.69 Å². The van der Waals surface area contributed by atoms with Crippen LogP contribution in [0.1, 0.15) is 0 Å². The highest BCUT2D eigenvalue weighted by atomic mass is 32.1. The van der Waals surface area contributed by atoms with Gasteiger partial charge < -0.3 is 5.73 Å². The molecular formula is C10H6F2N4S. The summed E-state index contributed by atoms with van der Waals surface area (Å²) in [6.45, 7) is 0. The lowest BCUT2D eigenvalue weighted by molar-refractivity contribution is 0.602. The first kappa shape index (κ1) is 10.2. The molecule has 2 N–H and O–H groups in total. The van der Waals surface area contributed by atoms with Crippen molar-refractivity contribution in [3.8, 4) is 11.3 Å². The summed E-state index contributed by atoms with van der Waals surface area (Å²) < 4.78 is 28.1. The van der Waals surface area contributed by atoms with Crippen LogP contribution in [0.15, 0.2) is 23.6 Å². The Hall–Kier alpha value is -2.02. The number of nitrogens with zero attached hydrogens (tertiary/aromatic N) is 3. The number of rotatable bonds is 1. The Morgan fingerprint density at radius 1 is 1.29 bits per heavy atom. The first-order valence-electron chi connectivity index (χ1n) is 4.70. The van der Waals surface area contributed by atoms with Crippen molar-refractivity contribution in [3.63, 3.8) is 0 Å². The second kappa shape index (κ2) is 3.49. The average Bonchev–Trinajstić information content (AvgIpc) is 2.80. The van der Waals surface area contributed by atoms with E-state index in [0.717, 1.165) is 18.2 Å². The number of benzene rings is 1. The topological polar surface area (TPSA) is 56.2 Å². The van der Waals surface area contributed by atoms with E-state index in [9.17, 15) is 8.78 Å². The number of hydrogen-bond donors (Lipinski definition) is 1. The minimum Gasteiger partial charge on any atom is -0.366 e. The molecule has 0 aliphatic rings. The fourth-order valence-corrected chi connectivity index (χ4v) is 2.41. The molecule has 0 aliphatic carbocycles. The van der Waals surface area contributed by atoms with Crippen molar-refractivity contribution >= 4 is 22.2 Å². The fraction of sp³-hybridized carbons (Fsp3) is 0. The summed E-state index contributed by atoms with van der Waals surface area (Å²) in [5, 5.41) is 5.58. The van der Waals surface area contributed by atoms with E-state index < -0.39 is 11.6 Å². The molecule has 4 nitrogen and oxygen atoms in total. The maximum Gasteiger partial charge on any atom is 0.241 e. The maximum absolute atomic E-state index is 13.6. The van der Waals surface area contributed by atoms with Crippen molar-refractivity contribution in [2.24, 2.45) is 0 Å². The normalized spacial score (nSPS) is 11.2. The molecular weight excluding hydrogens is 246 g/mol. The van der Waals surface area contributed by atoms with Gasteiger partial charge in [0.15, 0.2) is 0 Å². The predicted octanol–water partition coefficient (Wildman–Crippen LogP) is 2.32. The molecule has 2 heterocycles. The molecule has 0 amide bonds. The highest BCUT2D eigenvalue weighted by molar-refractivity contribution is 7.15. The summed E-state index contributed by atoms with van der Waals surface area (Å²) in [6, 6.07) is 3.27. The van der Waals surface area contributed by atoms with E-state index in [4.69, 9.17) is 5.73 Å². The number of halogens is 2. The molecule has 86 valence electrons. The van der Waals surface area contributed by atoms with Gasteiger partial charge in [0, 0.05) is 10.9 Å². The van der Waals surface area contributed by atoms with E-state index in [0.29, 0.717) is 10.7 Å². The standard InChI is InChI=1S/C10H6F2N4S/c11-5-1-2-7(12)6(3-5)8-4-17-10-14-9(13)15-16(8)10/h1-4H,(H2,13,15). The van der Waals surface area contributed by atoms with E-state index in [1.165, 1.54) is 15.9 Å². The van der Waals surface area contributed by atoms with E-state index in [2.05, 4.69) is 10.1 Å². The Bertz CT molecular complexity index is 703. The molecule has 0 aliphatic heterocycles. The van der Waals surface area contributed by atoms with Crippen LogP contribution in [-0.2, 0) is 0 Å². The van der Waals surface area contributed by atoms with Gasteiger partial charge in [-0.2, -0.15) is 4.98 Å².